The fraction of sp³-hybridized carbons (Fsp3) is 0.400. The van der Waals surface area contributed by atoms with Gasteiger partial charge in [0.2, 0.25) is 0 Å². The summed E-state index contributed by atoms with van der Waals surface area (Å²) in [5, 5.41) is 0. The summed E-state index contributed by atoms with van der Waals surface area (Å²) < 4.78 is 4.98. The maximum Gasteiger partial charge on any atom is 0.150 e. The number of ether oxygens (including phenoxy) is 1. The van der Waals surface area contributed by atoms with Crippen LogP contribution in [0.4, 0.5) is 0 Å². The smallest absolute Gasteiger partial charge is 0.150 e. The number of carbonyl (C=O) groups is 1. The van der Waals surface area contributed by atoms with Crippen LogP contribution in [0.15, 0.2) is 35.7 Å². The van der Waals surface area contributed by atoms with Crippen molar-refractivity contribution < 1.29 is 21.9 Å². The monoisotopic (exact) mass is 321 g/mol. The van der Waals surface area contributed by atoms with Crippen molar-refractivity contribution in [1.29, 1.82) is 0 Å². The number of thioether (sulfide) groups is 1. The predicted octanol–water partition coefficient (Wildman–Crippen LogP) is 2.81. The van der Waals surface area contributed by atoms with Crippen molar-refractivity contribution in [2.45, 2.75) is 25.2 Å². The van der Waals surface area contributed by atoms with Crippen LogP contribution in [0.25, 0.3) is 5.57 Å². The average Bonchev–Trinajstić information content (AvgIpc) is 2.45. The van der Waals surface area contributed by atoms with Gasteiger partial charge in [-0.15, -0.1) is 11.8 Å². The Morgan fingerprint density at radius 2 is 1.81 bits per heavy atom. The van der Waals surface area contributed by atoms with Crippen molar-refractivity contribution in [3.05, 3.63) is 36.4 Å². The maximum absolute atomic E-state index is 10.5. The van der Waals surface area contributed by atoms with Gasteiger partial charge in [0.15, 0.2) is 0 Å². The first-order chi connectivity index (χ1) is 8.77. The van der Waals surface area contributed by atoms with E-state index in [0.29, 0.717) is 5.57 Å². The normalized spacial score (nSPS) is 7.95. The Labute approximate surface area is 133 Å². The first kappa shape index (κ1) is 28.0. The Morgan fingerprint density at radius 1 is 1.29 bits per heavy atom. The molecule has 0 amide bonds. The third kappa shape index (κ3) is 12.3. The van der Waals surface area contributed by atoms with Gasteiger partial charge < -0.3 is 21.8 Å². The van der Waals surface area contributed by atoms with E-state index in [4.69, 9.17) is 4.74 Å². The van der Waals surface area contributed by atoms with Gasteiger partial charge in [-0.05, 0) is 24.1 Å². The van der Waals surface area contributed by atoms with Crippen molar-refractivity contribution in [3.8, 4) is 0 Å². The first-order valence-electron chi connectivity index (χ1n) is 6.14. The lowest BCUT2D eigenvalue weighted by molar-refractivity contribution is -0.103. The van der Waals surface area contributed by atoms with E-state index in [9.17, 15) is 4.79 Å². The van der Waals surface area contributed by atoms with Gasteiger partial charge in [0.1, 0.15) is 6.29 Å². The Hall–Kier alpha value is -1.18. The second-order valence-corrected chi connectivity index (χ2v) is 4.53. The van der Waals surface area contributed by atoms with Crippen LogP contribution in [0.5, 0.6) is 0 Å². The molecule has 0 fully saturated rings. The van der Waals surface area contributed by atoms with Gasteiger partial charge >= 0.3 is 0 Å². The number of carbonyl (C=O) groups excluding carboxylic acids is 1. The summed E-state index contributed by atoms with van der Waals surface area (Å²) in [4.78, 5) is 11.7. The molecule has 1 aromatic carbocycles. The molecule has 0 radical (unpaired) electrons. The second-order valence-electron chi connectivity index (χ2n) is 3.36. The molecular weight excluding hydrogens is 290 g/mol. The summed E-state index contributed by atoms with van der Waals surface area (Å²) in [7, 11) is 1.71. The van der Waals surface area contributed by atoms with Gasteiger partial charge in [-0.2, -0.15) is 0 Å². The molecule has 0 heterocycles. The van der Waals surface area contributed by atoms with Crippen LogP contribution in [-0.4, -0.2) is 36.7 Å². The summed E-state index contributed by atoms with van der Waals surface area (Å²) in [6, 6.07) is 7.88. The van der Waals surface area contributed by atoms with Crippen LogP contribution in [0.2, 0.25) is 0 Å². The molecule has 0 atom stereocenters. The van der Waals surface area contributed by atoms with Crippen LogP contribution in [0, 0.1) is 0 Å². The highest BCUT2D eigenvalue weighted by atomic mass is 32.2. The zero-order valence-electron chi connectivity index (χ0n) is 13.1. The van der Waals surface area contributed by atoms with Crippen molar-refractivity contribution in [2.75, 3.05) is 19.5 Å². The van der Waals surface area contributed by atoms with E-state index in [1.54, 1.807) is 18.9 Å². The Balaban J connectivity index is -0.000000154. The minimum Gasteiger partial charge on any atom is -0.412 e. The first-order valence-corrected chi connectivity index (χ1v) is 7.12. The minimum absolute atomic E-state index is 0. The second kappa shape index (κ2) is 18.8. The number of benzene rings is 1. The lowest BCUT2D eigenvalue weighted by Gasteiger charge is -2.03. The molecule has 6 heteroatoms. The van der Waals surface area contributed by atoms with E-state index in [-0.39, 0.29) is 18.5 Å². The summed E-state index contributed by atoms with van der Waals surface area (Å²) in [5.41, 5.74) is 1.41. The Bertz CT molecular complexity index is 361. The molecule has 1 rings (SSSR count). The zero-order valence-corrected chi connectivity index (χ0v) is 14.0. The molecule has 7 N–H and O–H groups in total. The minimum atomic E-state index is 0. The van der Waals surface area contributed by atoms with Crippen molar-refractivity contribution in [3.63, 3.8) is 0 Å². The van der Waals surface area contributed by atoms with Gasteiger partial charge in [0.05, 0.1) is 0 Å². The predicted molar refractivity (Wildman–Crippen MR) is 94.5 cm³/mol. The van der Waals surface area contributed by atoms with Crippen molar-refractivity contribution in [1.82, 2.24) is 6.15 Å². The lowest BCUT2D eigenvalue weighted by atomic mass is 10.1. The van der Waals surface area contributed by atoms with Crippen LogP contribution < -0.4 is 6.15 Å². The number of aldehydes is 1. The number of hydrogen-bond donors (Lipinski definition) is 1. The standard InChI is InChI=1S/C13H16O2S.C2H6.H3N.2H2O.H2/c1-11(10-14)12-4-6-13(7-5-12)16-9-3-8-15-2;1-2;;;;/h4-7,10H,1,3,8-9H2,2H3;1-2H3;1H3;2*1H2;1H. The molecule has 0 aliphatic carbocycles. The molecule has 0 bridgehead atoms. The van der Waals surface area contributed by atoms with E-state index in [1.165, 1.54) is 4.90 Å². The molecule has 5 nitrogen and oxygen atoms in total. The van der Waals surface area contributed by atoms with Crippen molar-refractivity contribution >= 4 is 23.6 Å². The van der Waals surface area contributed by atoms with Gasteiger partial charge in [-0.1, -0.05) is 32.6 Å². The van der Waals surface area contributed by atoms with Crippen LogP contribution >= 0.6 is 11.8 Å². The Morgan fingerprint density at radius 3 is 2.24 bits per heavy atom. The van der Waals surface area contributed by atoms with Crippen LogP contribution in [-0.2, 0) is 9.53 Å². The van der Waals surface area contributed by atoms with E-state index < -0.39 is 0 Å². The summed E-state index contributed by atoms with van der Waals surface area (Å²) in [6.45, 7) is 8.47. The molecule has 1 aromatic rings. The Kier molecular flexibility index (Phi) is 25.1. The molecule has 0 saturated heterocycles. The highest BCUT2D eigenvalue weighted by molar-refractivity contribution is 7.99. The highest BCUT2D eigenvalue weighted by Gasteiger charge is 1.98. The number of hydrogen-bond acceptors (Lipinski definition) is 4. The van der Waals surface area contributed by atoms with Gasteiger partial charge in [-0.3, -0.25) is 4.79 Å². The average molecular weight is 321 g/mol. The fourth-order valence-corrected chi connectivity index (χ4v) is 2.05. The largest absolute Gasteiger partial charge is 0.412 e. The highest BCUT2D eigenvalue weighted by Crippen LogP contribution is 2.21. The summed E-state index contributed by atoms with van der Waals surface area (Å²) in [6.07, 6.45) is 1.82. The SMILES string of the molecule is C=C(C=O)c1ccc(SCCCOC)cc1.CC.N.O.O.[HH]. The molecule has 0 aliphatic rings. The van der Waals surface area contributed by atoms with E-state index in [2.05, 4.69) is 6.58 Å². The van der Waals surface area contributed by atoms with E-state index in [0.717, 1.165) is 30.6 Å². The molecule has 0 aromatic heterocycles. The number of methoxy groups -OCH3 is 1. The molecule has 0 unspecified atom stereocenters. The van der Waals surface area contributed by atoms with Crippen LogP contribution in [0.3, 0.4) is 0 Å². The fourth-order valence-electron chi connectivity index (χ4n) is 1.23. The molecule has 126 valence electrons. The third-order valence-electron chi connectivity index (χ3n) is 2.13. The zero-order chi connectivity index (χ0) is 13.8. The molecule has 0 aliphatic heterocycles. The summed E-state index contributed by atoms with van der Waals surface area (Å²) in [5.74, 6) is 1.04. The van der Waals surface area contributed by atoms with E-state index >= 15 is 0 Å². The van der Waals surface area contributed by atoms with Crippen molar-refractivity contribution in [2.24, 2.45) is 0 Å². The van der Waals surface area contributed by atoms with Gasteiger partial charge in [0, 0.05) is 31.4 Å². The summed E-state index contributed by atoms with van der Waals surface area (Å²) >= 11 is 1.79. The molecule has 0 saturated carbocycles. The number of allylic oxidation sites excluding steroid dienone is 1. The molecular formula is C15H31NO4S. The number of rotatable bonds is 7. The molecule has 21 heavy (non-hydrogen) atoms. The quantitative estimate of drug-likeness (QED) is 0.359. The van der Waals surface area contributed by atoms with Crippen LogP contribution in [0.1, 0.15) is 27.3 Å². The molecule has 0 spiro atoms. The van der Waals surface area contributed by atoms with Gasteiger partial charge in [-0.25, -0.2) is 0 Å². The topological polar surface area (TPSA) is 124 Å². The third-order valence-corrected chi connectivity index (χ3v) is 3.23. The maximum atomic E-state index is 10.5. The lowest BCUT2D eigenvalue weighted by Crippen LogP contribution is -1.90. The van der Waals surface area contributed by atoms with Gasteiger partial charge in [0.25, 0.3) is 0 Å². The van der Waals surface area contributed by atoms with E-state index in [1.807, 2.05) is 38.1 Å².